The van der Waals surface area contributed by atoms with E-state index in [0.29, 0.717) is 18.7 Å². The van der Waals surface area contributed by atoms with Gasteiger partial charge in [-0.3, -0.25) is 9.89 Å². The molecule has 0 aliphatic carbocycles. The number of rotatable bonds is 7. The third-order valence-corrected chi connectivity index (χ3v) is 6.85. The van der Waals surface area contributed by atoms with Crippen LogP contribution in [0.3, 0.4) is 0 Å². The van der Waals surface area contributed by atoms with Crippen LogP contribution in [0.25, 0.3) is 22.2 Å². The van der Waals surface area contributed by atoms with Crippen molar-refractivity contribution in [1.82, 2.24) is 20.1 Å². The van der Waals surface area contributed by atoms with Gasteiger partial charge in [0.1, 0.15) is 17.2 Å². The fourth-order valence-electron chi connectivity index (χ4n) is 5.13. The number of fused-ring (bicyclic) bond motifs is 2. The number of benzene rings is 3. The summed E-state index contributed by atoms with van der Waals surface area (Å²) >= 11 is 0. The molecule has 0 fully saturated rings. The van der Waals surface area contributed by atoms with Crippen LogP contribution in [-0.4, -0.2) is 46.8 Å². The van der Waals surface area contributed by atoms with Crippen molar-refractivity contribution in [3.63, 3.8) is 0 Å². The molecule has 36 heavy (non-hydrogen) atoms. The van der Waals surface area contributed by atoms with Crippen LogP contribution in [0.15, 0.2) is 78.9 Å². The number of ether oxygens (including phenoxy) is 2. The summed E-state index contributed by atoms with van der Waals surface area (Å²) in [4.78, 5) is 19.1. The number of H-pyrrole nitrogens is 2. The smallest absolute Gasteiger partial charge is 0.273 e. The lowest BCUT2D eigenvalue weighted by Gasteiger charge is -2.27. The Morgan fingerprint density at radius 2 is 1.75 bits per heavy atom. The molecule has 3 aromatic carbocycles. The summed E-state index contributed by atoms with van der Waals surface area (Å²) in [5.74, 6) is 1.50. The van der Waals surface area contributed by atoms with Crippen LogP contribution in [0, 0.1) is 0 Å². The third kappa shape index (κ3) is 3.60. The summed E-state index contributed by atoms with van der Waals surface area (Å²) in [7, 11) is 3.33. The van der Waals surface area contributed by atoms with Gasteiger partial charge in [0, 0.05) is 46.3 Å². The average molecular weight is 479 g/mol. The Labute approximate surface area is 208 Å². The number of hydrogen-bond acceptors (Lipinski definition) is 4. The van der Waals surface area contributed by atoms with Gasteiger partial charge in [0.25, 0.3) is 5.91 Å². The molecule has 0 saturated carbocycles. The number of amides is 1. The summed E-state index contributed by atoms with van der Waals surface area (Å²) in [6.45, 7) is 0.530. The summed E-state index contributed by atoms with van der Waals surface area (Å²) in [6, 6.07) is 25.6. The molecule has 7 heteroatoms. The van der Waals surface area contributed by atoms with Crippen molar-refractivity contribution in [1.29, 1.82) is 0 Å². The van der Waals surface area contributed by atoms with E-state index in [0.717, 1.165) is 50.5 Å². The molecule has 0 unspecified atom stereocenters. The molecule has 5 aromatic rings. The van der Waals surface area contributed by atoms with Gasteiger partial charge in [-0.2, -0.15) is 5.10 Å². The average Bonchev–Trinajstić information content (AvgIpc) is 3.61. The zero-order valence-electron chi connectivity index (χ0n) is 20.1. The summed E-state index contributed by atoms with van der Waals surface area (Å²) < 4.78 is 11.1. The molecule has 0 radical (unpaired) electrons. The van der Waals surface area contributed by atoms with Gasteiger partial charge in [0.15, 0.2) is 0 Å². The van der Waals surface area contributed by atoms with Gasteiger partial charge in [0.2, 0.25) is 0 Å². The Kier molecular flexibility index (Phi) is 5.45. The number of aromatic amines is 2. The normalized spacial score (nSPS) is 14.9. The lowest BCUT2D eigenvalue weighted by molar-refractivity contribution is 0.0744. The molecule has 0 bridgehead atoms. The first-order valence-electron chi connectivity index (χ1n) is 11.9. The largest absolute Gasteiger partial charge is 0.497 e. The van der Waals surface area contributed by atoms with Crippen molar-refractivity contribution in [2.75, 3.05) is 20.8 Å². The molecule has 2 aromatic heterocycles. The van der Waals surface area contributed by atoms with E-state index in [4.69, 9.17) is 9.47 Å². The zero-order chi connectivity index (χ0) is 24.6. The Hall–Kier alpha value is -4.52. The minimum absolute atomic E-state index is 0.0617. The predicted molar refractivity (Wildman–Crippen MR) is 138 cm³/mol. The monoisotopic (exact) mass is 478 g/mol. The van der Waals surface area contributed by atoms with E-state index in [-0.39, 0.29) is 11.9 Å². The van der Waals surface area contributed by atoms with E-state index >= 15 is 0 Å². The molecule has 7 nitrogen and oxygen atoms in total. The molecule has 2 N–H and O–H groups in total. The molecule has 6 rings (SSSR count). The molecule has 1 amide bonds. The van der Waals surface area contributed by atoms with E-state index in [1.54, 1.807) is 14.2 Å². The minimum atomic E-state index is -0.318. The Morgan fingerprint density at radius 1 is 0.944 bits per heavy atom. The quantitative estimate of drug-likeness (QED) is 0.330. The number of para-hydroxylation sites is 1. The molecule has 1 atom stereocenters. The van der Waals surface area contributed by atoms with Gasteiger partial charge in [-0.15, -0.1) is 0 Å². The number of aromatic nitrogens is 3. The highest BCUT2D eigenvalue weighted by molar-refractivity contribution is 6.00. The number of hydrogen-bond donors (Lipinski definition) is 2. The van der Waals surface area contributed by atoms with Crippen LogP contribution in [0.1, 0.15) is 33.4 Å². The fraction of sp³-hybridized carbons (Fsp3) is 0.172. The van der Waals surface area contributed by atoms with Crippen LogP contribution in [-0.2, 0) is 6.42 Å². The van der Waals surface area contributed by atoms with E-state index in [1.807, 2.05) is 77.7 Å². The highest BCUT2D eigenvalue weighted by Crippen LogP contribution is 2.45. The number of carbonyl (C=O) groups excluding carboxylic acids is 1. The number of carbonyl (C=O) groups is 1. The molecule has 180 valence electrons. The zero-order valence-corrected chi connectivity index (χ0v) is 20.1. The Morgan fingerprint density at radius 3 is 2.56 bits per heavy atom. The molecule has 1 aliphatic rings. The van der Waals surface area contributed by atoms with Crippen molar-refractivity contribution < 1.29 is 14.3 Å². The van der Waals surface area contributed by atoms with Crippen LogP contribution >= 0.6 is 0 Å². The van der Waals surface area contributed by atoms with Gasteiger partial charge in [-0.1, -0.05) is 48.5 Å². The lowest BCUT2D eigenvalue weighted by atomic mass is 9.95. The third-order valence-electron chi connectivity index (χ3n) is 6.85. The highest BCUT2D eigenvalue weighted by Gasteiger charge is 2.43. The topological polar surface area (TPSA) is 83.2 Å². The predicted octanol–water partition coefficient (Wildman–Crippen LogP) is 5.36. The molecule has 0 spiro atoms. The molecule has 3 heterocycles. The maximum atomic E-state index is 13.7. The first-order valence-corrected chi connectivity index (χ1v) is 11.9. The number of nitrogens with one attached hydrogen (secondary N) is 2. The van der Waals surface area contributed by atoms with Crippen molar-refractivity contribution in [2.24, 2.45) is 0 Å². The number of nitrogens with zero attached hydrogens (tertiary/aromatic N) is 2. The second-order valence-electron chi connectivity index (χ2n) is 8.87. The van der Waals surface area contributed by atoms with Gasteiger partial charge in [0.05, 0.1) is 26.0 Å². The van der Waals surface area contributed by atoms with Crippen LogP contribution in [0.5, 0.6) is 11.5 Å². The van der Waals surface area contributed by atoms with E-state index in [2.05, 4.69) is 21.2 Å². The fourth-order valence-corrected chi connectivity index (χ4v) is 5.13. The van der Waals surface area contributed by atoms with Crippen LogP contribution < -0.4 is 9.47 Å². The van der Waals surface area contributed by atoms with Crippen molar-refractivity contribution in [3.8, 4) is 22.8 Å². The summed E-state index contributed by atoms with van der Waals surface area (Å²) in [5, 5.41) is 8.67. The summed E-state index contributed by atoms with van der Waals surface area (Å²) in [6.07, 6.45) is 0.673. The maximum Gasteiger partial charge on any atom is 0.273 e. The van der Waals surface area contributed by atoms with Crippen molar-refractivity contribution in [2.45, 2.75) is 12.5 Å². The molecular formula is C29H26N4O3. The maximum absolute atomic E-state index is 13.7. The summed E-state index contributed by atoms with van der Waals surface area (Å²) in [5.41, 5.74) is 6.21. The molecule has 1 aliphatic heterocycles. The van der Waals surface area contributed by atoms with Gasteiger partial charge >= 0.3 is 0 Å². The van der Waals surface area contributed by atoms with Gasteiger partial charge in [-0.25, -0.2) is 0 Å². The second kappa shape index (κ2) is 8.92. The number of methoxy groups -OCH3 is 2. The highest BCUT2D eigenvalue weighted by atomic mass is 16.5. The van der Waals surface area contributed by atoms with Gasteiger partial charge < -0.3 is 19.4 Å². The van der Waals surface area contributed by atoms with Crippen molar-refractivity contribution >= 4 is 16.8 Å². The minimum Gasteiger partial charge on any atom is -0.497 e. The molecular weight excluding hydrogens is 452 g/mol. The van der Waals surface area contributed by atoms with Crippen molar-refractivity contribution in [3.05, 3.63) is 101 Å². The first kappa shape index (κ1) is 22.0. The van der Waals surface area contributed by atoms with Gasteiger partial charge in [-0.05, 0) is 30.3 Å². The Bertz CT molecular complexity index is 1550. The standard InChI is InChI=1S/C29H26N4O3/c1-35-21-12-13-23-19(17-21)16-20(30-23)14-15-33-28(22-10-6-7-11-24(22)36-2)25-26(18-8-4-3-5-9-18)31-32-27(25)29(33)34/h3-13,16-17,28,30H,14-15H2,1-2H3,(H,31,32)/t28-/m0/s1. The van der Waals surface area contributed by atoms with E-state index in [9.17, 15) is 4.79 Å². The second-order valence-corrected chi connectivity index (χ2v) is 8.87. The van der Waals surface area contributed by atoms with Crippen LogP contribution in [0.4, 0.5) is 0 Å². The SMILES string of the molecule is COc1ccc2[nH]c(CCN3C(=O)c4[nH]nc(-c5ccccc5)c4[C@@H]3c3ccccc3OC)cc2c1. The Balaban J connectivity index is 1.39. The van der Waals surface area contributed by atoms with Crippen LogP contribution in [0.2, 0.25) is 0 Å². The van der Waals surface area contributed by atoms with E-state index < -0.39 is 0 Å². The molecule has 0 saturated heterocycles. The lowest BCUT2D eigenvalue weighted by Crippen LogP contribution is -2.31. The van der Waals surface area contributed by atoms with E-state index in [1.165, 1.54) is 0 Å². The first-order chi connectivity index (χ1) is 17.7.